The van der Waals surface area contributed by atoms with Gasteiger partial charge in [0.2, 0.25) is 0 Å². The first-order chi connectivity index (χ1) is 11.0. The van der Waals surface area contributed by atoms with Gasteiger partial charge in [-0.25, -0.2) is 0 Å². The van der Waals surface area contributed by atoms with Crippen molar-refractivity contribution in [3.63, 3.8) is 0 Å². The minimum atomic E-state index is -0.0136. The second-order valence-corrected chi connectivity index (χ2v) is 5.89. The number of nitrogens with zero attached hydrogens (tertiary/aromatic N) is 2. The van der Waals surface area contributed by atoms with Crippen LogP contribution in [0.25, 0.3) is 10.9 Å². The molecule has 0 aliphatic carbocycles. The normalized spacial score (nSPS) is 11.2. The van der Waals surface area contributed by atoms with Crippen molar-refractivity contribution < 1.29 is 9.53 Å². The average molecular weight is 317 g/mol. The van der Waals surface area contributed by atoms with E-state index in [1.807, 2.05) is 46.1 Å². The van der Waals surface area contributed by atoms with Crippen LogP contribution in [0.1, 0.15) is 29.9 Å². The Balaban J connectivity index is 2.38. The monoisotopic (exact) mass is 317 g/mol. The molecule has 0 spiro atoms. The predicted molar refractivity (Wildman–Crippen MR) is 94.4 cm³/mol. The summed E-state index contributed by atoms with van der Waals surface area (Å²) in [6.45, 7) is 8.90. The molecular formula is C18H27N3O2. The zero-order chi connectivity index (χ0) is 17.0. The van der Waals surface area contributed by atoms with E-state index in [1.165, 1.54) is 0 Å². The van der Waals surface area contributed by atoms with E-state index in [2.05, 4.69) is 21.7 Å². The van der Waals surface area contributed by atoms with E-state index in [9.17, 15) is 4.79 Å². The van der Waals surface area contributed by atoms with Gasteiger partial charge in [-0.2, -0.15) is 0 Å². The van der Waals surface area contributed by atoms with Crippen LogP contribution >= 0.6 is 0 Å². The van der Waals surface area contributed by atoms with Gasteiger partial charge in [-0.05, 0) is 58.6 Å². The lowest BCUT2D eigenvalue weighted by Gasteiger charge is -2.12. The highest BCUT2D eigenvalue weighted by atomic mass is 16.5. The molecule has 1 heterocycles. The van der Waals surface area contributed by atoms with Crippen molar-refractivity contribution in [3.05, 3.63) is 29.5 Å². The van der Waals surface area contributed by atoms with Crippen molar-refractivity contribution in [2.45, 2.75) is 27.3 Å². The highest BCUT2D eigenvalue weighted by molar-refractivity contribution is 6.02. The molecule has 0 aliphatic heterocycles. The van der Waals surface area contributed by atoms with E-state index in [1.54, 1.807) is 0 Å². The highest BCUT2D eigenvalue weighted by Gasteiger charge is 2.19. The molecule has 5 nitrogen and oxygen atoms in total. The van der Waals surface area contributed by atoms with Gasteiger partial charge in [-0.3, -0.25) is 4.79 Å². The first-order valence-corrected chi connectivity index (χ1v) is 8.18. The summed E-state index contributed by atoms with van der Waals surface area (Å²) in [4.78, 5) is 14.7. The molecule has 0 atom stereocenters. The Bertz CT molecular complexity index is 689. The SMILES string of the molecule is CCOc1ccc2c(c1)c(C)c(C(=O)NCCN(C)C)n2CC. The molecule has 2 rings (SSSR count). The Kier molecular flexibility index (Phi) is 5.66. The number of likely N-dealkylation sites (N-methyl/N-ethyl adjacent to an activating group) is 1. The predicted octanol–water partition coefficient (Wildman–Crippen LogP) is 2.66. The van der Waals surface area contributed by atoms with E-state index in [-0.39, 0.29) is 5.91 Å². The molecule has 0 radical (unpaired) electrons. The fourth-order valence-corrected chi connectivity index (χ4v) is 2.86. The molecule has 1 aromatic heterocycles. The van der Waals surface area contributed by atoms with Gasteiger partial charge in [0, 0.05) is 30.5 Å². The summed E-state index contributed by atoms with van der Waals surface area (Å²) >= 11 is 0. The summed E-state index contributed by atoms with van der Waals surface area (Å²) in [6, 6.07) is 6.02. The summed E-state index contributed by atoms with van der Waals surface area (Å²) in [6.07, 6.45) is 0. The number of carbonyl (C=O) groups is 1. The highest BCUT2D eigenvalue weighted by Crippen LogP contribution is 2.29. The van der Waals surface area contributed by atoms with Crippen molar-refractivity contribution in [1.82, 2.24) is 14.8 Å². The molecule has 0 saturated heterocycles. The van der Waals surface area contributed by atoms with Crippen LogP contribution in [-0.4, -0.2) is 49.2 Å². The van der Waals surface area contributed by atoms with Crippen LogP contribution in [0.4, 0.5) is 0 Å². The fourth-order valence-electron chi connectivity index (χ4n) is 2.86. The van der Waals surface area contributed by atoms with Crippen LogP contribution in [0.5, 0.6) is 5.75 Å². The molecule has 1 aromatic carbocycles. The number of aromatic nitrogens is 1. The second-order valence-electron chi connectivity index (χ2n) is 5.89. The zero-order valence-corrected chi connectivity index (χ0v) is 14.8. The Morgan fingerprint density at radius 2 is 2.04 bits per heavy atom. The Hall–Kier alpha value is -2.01. The number of aryl methyl sites for hydroxylation is 2. The Morgan fingerprint density at radius 3 is 2.65 bits per heavy atom. The van der Waals surface area contributed by atoms with Crippen molar-refractivity contribution in [2.24, 2.45) is 0 Å². The molecule has 5 heteroatoms. The van der Waals surface area contributed by atoms with E-state index in [4.69, 9.17) is 4.74 Å². The molecule has 0 aliphatic rings. The van der Waals surface area contributed by atoms with Crippen LogP contribution in [0, 0.1) is 6.92 Å². The molecule has 23 heavy (non-hydrogen) atoms. The van der Waals surface area contributed by atoms with Gasteiger partial charge in [-0.15, -0.1) is 0 Å². The first-order valence-electron chi connectivity index (χ1n) is 8.18. The molecule has 0 unspecified atom stereocenters. The van der Waals surface area contributed by atoms with E-state index < -0.39 is 0 Å². The quantitative estimate of drug-likeness (QED) is 0.854. The lowest BCUT2D eigenvalue weighted by atomic mass is 10.1. The molecule has 0 bridgehead atoms. The molecule has 0 fully saturated rings. The summed E-state index contributed by atoms with van der Waals surface area (Å²) < 4.78 is 7.66. The van der Waals surface area contributed by atoms with Crippen molar-refractivity contribution in [2.75, 3.05) is 33.8 Å². The summed E-state index contributed by atoms with van der Waals surface area (Å²) in [5.41, 5.74) is 2.83. The topological polar surface area (TPSA) is 46.5 Å². The van der Waals surface area contributed by atoms with Crippen molar-refractivity contribution >= 4 is 16.8 Å². The number of fused-ring (bicyclic) bond motifs is 1. The van der Waals surface area contributed by atoms with Crippen molar-refractivity contribution in [3.8, 4) is 5.75 Å². The molecule has 126 valence electrons. The van der Waals surface area contributed by atoms with Gasteiger partial charge in [0.25, 0.3) is 5.91 Å². The number of benzene rings is 1. The third-order valence-electron chi connectivity index (χ3n) is 3.97. The van der Waals surface area contributed by atoms with Crippen LogP contribution in [0.15, 0.2) is 18.2 Å². The Labute approximate surface area is 138 Å². The summed E-state index contributed by atoms with van der Waals surface area (Å²) in [5, 5.41) is 4.09. The maximum Gasteiger partial charge on any atom is 0.268 e. The molecular weight excluding hydrogens is 290 g/mol. The molecule has 1 amide bonds. The van der Waals surface area contributed by atoms with Gasteiger partial charge in [0.05, 0.1) is 6.61 Å². The van der Waals surface area contributed by atoms with Crippen LogP contribution < -0.4 is 10.1 Å². The van der Waals surface area contributed by atoms with E-state index in [0.717, 1.165) is 41.0 Å². The van der Waals surface area contributed by atoms with Crippen LogP contribution in [0.2, 0.25) is 0 Å². The number of ether oxygens (including phenoxy) is 1. The van der Waals surface area contributed by atoms with Crippen molar-refractivity contribution in [1.29, 1.82) is 0 Å². The molecule has 1 N–H and O–H groups in total. The fraction of sp³-hybridized carbons (Fsp3) is 0.500. The summed E-state index contributed by atoms with van der Waals surface area (Å²) in [7, 11) is 3.99. The lowest BCUT2D eigenvalue weighted by molar-refractivity contribution is 0.0941. The van der Waals surface area contributed by atoms with E-state index in [0.29, 0.717) is 13.2 Å². The maximum atomic E-state index is 12.6. The first kappa shape index (κ1) is 17.3. The number of carbonyl (C=O) groups excluding carboxylic acids is 1. The molecule has 2 aromatic rings. The second kappa shape index (κ2) is 7.51. The standard InChI is InChI=1S/C18H27N3O2/c1-6-21-16-9-8-14(23-7-2)12-15(16)13(3)17(21)18(22)19-10-11-20(4)5/h8-9,12H,6-7,10-11H2,1-5H3,(H,19,22). The van der Waals surface area contributed by atoms with Crippen LogP contribution in [-0.2, 0) is 6.54 Å². The largest absolute Gasteiger partial charge is 0.494 e. The smallest absolute Gasteiger partial charge is 0.268 e. The number of hydrogen-bond acceptors (Lipinski definition) is 3. The number of rotatable bonds is 7. The minimum Gasteiger partial charge on any atom is -0.494 e. The third kappa shape index (κ3) is 3.67. The van der Waals surface area contributed by atoms with Gasteiger partial charge >= 0.3 is 0 Å². The zero-order valence-electron chi connectivity index (χ0n) is 14.8. The number of nitrogens with one attached hydrogen (secondary N) is 1. The number of hydrogen-bond donors (Lipinski definition) is 1. The van der Waals surface area contributed by atoms with E-state index >= 15 is 0 Å². The minimum absolute atomic E-state index is 0.0136. The Morgan fingerprint density at radius 1 is 1.30 bits per heavy atom. The van der Waals surface area contributed by atoms with Gasteiger partial charge in [0.1, 0.15) is 11.4 Å². The average Bonchev–Trinajstić information content (AvgIpc) is 2.79. The summed E-state index contributed by atoms with van der Waals surface area (Å²) in [5.74, 6) is 0.830. The van der Waals surface area contributed by atoms with Crippen LogP contribution in [0.3, 0.4) is 0 Å². The lowest BCUT2D eigenvalue weighted by Crippen LogP contribution is -2.32. The maximum absolute atomic E-state index is 12.6. The van der Waals surface area contributed by atoms with Gasteiger partial charge in [-0.1, -0.05) is 0 Å². The third-order valence-corrected chi connectivity index (χ3v) is 3.97. The van der Waals surface area contributed by atoms with Gasteiger partial charge in [0.15, 0.2) is 0 Å². The molecule has 0 saturated carbocycles. The number of amides is 1. The van der Waals surface area contributed by atoms with Gasteiger partial charge < -0.3 is 19.5 Å².